The van der Waals surface area contributed by atoms with Crippen LogP contribution in [0.5, 0.6) is 0 Å². The fourth-order valence-electron chi connectivity index (χ4n) is 2.29. The van der Waals surface area contributed by atoms with E-state index in [9.17, 15) is 8.78 Å². The largest absolute Gasteiger partial charge is 0.374 e. The highest BCUT2D eigenvalue weighted by atomic mass is 19.1. The standard InChI is InChI=1S/C14H20F2N2O/c1-10(11-5-12(15)7-13(16)6-11)18(2)9-14-8-17-3-4-19-14/h5-7,10,14,17H,3-4,8-9H2,1-2H3. The van der Waals surface area contributed by atoms with Crippen LogP contribution in [0.4, 0.5) is 8.78 Å². The zero-order chi connectivity index (χ0) is 13.8. The van der Waals surface area contributed by atoms with Gasteiger partial charge in [0, 0.05) is 31.7 Å². The van der Waals surface area contributed by atoms with Crippen molar-refractivity contribution in [3.8, 4) is 0 Å². The fourth-order valence-corrected chi connectivity index (χ4v) is 2.29. The molecule has 0 saturated carbocycles. The lowest BCUT2D eigenvalue weighted by Crippen LogP contribution is -2.44. The van der Waals surface area contributed by atoms with Crippen molar-refractivity contribution >= 4 is 0 Å². The molecule has 0 bridgehead atoms. The molecule has 1 aliphatic rings. The van der Waals surface area contributed by atoms with E-state index in [2.05, 4.69) is 5.32 Å². The second-order valence-corrected chi connectivity index (χ2v) is 5.02. The zero-order valence-corrected chi connectivity index (χ0v) is 11.3. The van der Waals surface area contributed by atoms with Crippen LogP contribution in [0.15, 0.2) is 18.2 Å². The van der Waals surface area contributed by atoms with E-state index in [1.54, 1.807) is 0 Å². The van der Waals surface area contributed by atoms with Gasteiger partial charge in [-0.1, -0.05) is 0 Å². The molecule has 19 heavy (non-hydrogen) atoms. The summed E-state index contributed by atoms with van der Waals surface area (Å²) in [4.78, 5) is 2.05. The third kappa shape index (κ3) is 3.96. The topological polar surface area (TPSA) is 24.5 Å². The van der Waals surface area contributed by atoms with Gasteiger partial charge >= 0.3 is 0 Å². The van der Waals surface area contributed by atoms with Crippen LogP contribution in [0.2, 0.25) is 0 Å². The van der Waals surface area contributed by atoms with Crippen LogP contribution in [0.25, 0.3) is 0 Å². The summed E-state index contributed by atoms with van der Waals surface area (Å²) in [6, 6.07) is 3.59. The third-order valence-corrected chi connectivity index (χ3v) is 3.52. The van der Waals surface area contributed by atoms with Crippen LogP contribution in [0, 0.1) is 11.6 Å². The second kappa shape index (κ2) is 6.41. The number of likely N-dealkylation sites (N-methyl/N-ethyl adjacent to an activating group) is 1. The Hall–Kier alpha value is -1.04. The number of hydrogen-bond donors (Lipinski definition) is 1. The lowest BCUT2D eigenvalue weighted by molar-refractivity contribution is 0.00390. The van der Waals surface area contributed by atoms with E-state index in [0.717, 1.165) is 25.7 Å². The van der Waals surface area contributed by atoms with Crippen LogP contribution in [-0.2, 0) is 4.74 Å². The molecule has 1 fully saturated rings. The normalized spacial score (nSPS) is 21.6. The van der Waals surface area contributed by atoms with Crippen molar-refractivity contribution in [3.63, 3.8) is 0 Å². The van der Waals surface area contributed by atoms with Crippen molar-refractivity contribution in [2.45, 2.75) is 19.1 Å². The molecule has 1 aromatic rings. The molecule has 5 heteroatoms. The van der Waals surface area contributed by atoms with Crippen LogP contribution in [0.3, 0.4) is 0 Å². The summed E-state index contributed by atoms with van der Waals surface area (Å²) in [7, 11) is 1.94. The average molecular weight is 270 g/mol. The predicted octanol–water partition coefficient (Wildman–Crippen LogP) is 1.95. The van der Waals surface area contributed by atoms with Gasteiger partial charge in [0.2, 0.25) is 0 Å². The SMILES string of the molecule is CC(c1cc(F)cc(F)c1)N(C)CC1CNCCO1. The molecule has 0 radical (unpaired) electrons. The molecule has 1 saturated heterocycles. The molecular weight excluding hydrogens is 250 g/mol. The van der Waals surface area contributed by atoms with E-state index in [4.69, 9.17) is 4.74 Å². The van der Waals surface area contributed by atoms with Crippen LogP contribution < -0.4 is 5.32 Å². The molecule has 3 nitrogen and oxygen atoms in total. The average Bonchev–Trinajstić information content (AvgIpc) is 2.37. The van der Waals surface area contributed by atoms with Crippen molar-refractivity contribution < 1.29 is 13.5 Å². The fraction of sp³-hybridized carbons (Fsp3) is 0.571. The third-order valence-electron chi connectivity index (χ3n) is 3.52. The van der Waals surface area contributed by atoms with Crippen molar-refractivity contribution in [1.29, 1.82) is 0 Å². The van der Waals surface area contributed by atoms with Gasteiger partial charge in [-0.3, -0.25) is 4.90 Å². The molecule has 2 rings (SSSR count). The van der Waals surface area contributed by atoms with Gasteiger partial charge in [-0.2, -0.15) is 0 Å². The highest BCUT2D eigenvalue weighted by Gasteiger charge is 2.20. The smallest absolute Gasteiger partial charge is 0.126 e. The van der Waals surface area contributed by atoms with Crippen LogP contribution in [-0.4, -0.2) is 44.3 Å². The van der Waals surface area contributed by atoms with Gasteiger partial charge in [0.15, 0.2) is 0 Å². The Morgan fingerprint density at radius 2 is 2.05 bits per heavy atom. The number of nitrogens with zero attached hydrogens (tertiary/aromatic N) is 1. The number of ether oxygens (including phenoxy) is 1. The molecule has 1 heterocycles. The quantitative estimate of drug-likeness (QED) is 0.905. The molecule has 0 spiro atoms. The minimum absolute atomic E-state index is 0.0595. The molecule has 2 atom stereocenters. The monoisotopic (exact) mass is 270 g/mol. The number of hydrogen-bond acceptors (Lipinski definition) is 3. The maximum atomic E-state index is 13.2. The van der Waals surface area contributed by atoms with Gasteiger partial charge in [0.05, 0.1) is 12.7 Å². The number of halogens is 2. The van der Waals surface area contributed by atoms with Crippen LogP contribution in [0.1, 0.15) is 18.5 Å². The molecule has 0 amide bonds. The Labute approximate surface area is 112 Å². The number of morpholine rings is 1. The Balaban J connectivity index is 1.99. The Kier molecular flexibility index (Phi) is 4.85. The molecular formula is C14H20F2N2O. The van der Waals surface area contributed by atoms with Gasteiger partial charge in [-0.25, -0.2) is 8.78 Å². The van der Waals surface area contributed by atoms with Crippen molar-refractivity contribution in [2.75, 3.05) is 33.3 Å². The summed E-state index contributed by atoms with van der Waals surface area (Å²) in [6.07, 6.45) is 0.125. The van der Waals surface area contributed by atoms with E-state index >= 15 is 0 Å². The summed E-state index contributed by atoms with van der Waals surface area (Å²) in [5.74, 6) is -1.07. The number of nitrogens with one attached hydrogen (secondary N) is 1. The Bertz CT molecular complexity index is 402. The highest BCUT2D eigenvalue weighted by Crippen LogP contribution is 2.21. The molecule has 1 aliphatic heterocycles. The molecule has 0 aromatic heterocycles. The summed E-state index contributed by atoms with van der Waals surface area (Å²) < 4.78 is 32.1. The summed E-state index contributed by atoms with van der Waals surface area (Å²) in [5, 5.41) is 3.27. The first kappa shape index (κ1) is 14.4. The Morgan fingerprint density at radius 3 is 2.63 bits per heavy atom. The van der Waals surface area contributed by atoms with Crippen molar-refractivity contribution in [1.82, 2.24) is 10.2 Å². The first-order chi connectivity index (χ1) is 9.06. The summed E-state index contributed by atoms with van der Waals surface area (Å²) in [6.45, 7) is 5.07. The molecule has 2 unspecified atom stereocenters. The first-order valence-corrected chi connectivity index (χ1v) is 6.55. The van der Waals surface area contributed by atoms with E-state index in [0.29, 0.717) is 12.2 Å². The van der Waals surface area contributed by atoms with Crippen molar-refractivity contribution in [3.05, 3.63) is 35.4 Å². The zero-order valence-electron chi connectivity index (χ0n) is 11.3. The van der Waals surface area contributed by atoms with E-state index < -0.39 is 11.6 Å². The van der Waals surface area contributed by atoms with Gasteiger partial charge < -0.3 is 10.1 Å². The maximum Gasteiger partial charge on any atom is 0.126 e. The number of rotatable bonds is 4. The second-order valence-electron chi connectivity index (χ2n) is 5.02. The van der Waals surface area contributed by atoms with E-state index in [1.807, 2.05) is 18.9 Å². The molecule has 0 aliphatic carbocycles. The lowest BCUT2D eigenvalue weighted by Gasteiger charge is -2.31. The van der Waals surface area contributed by atoms with E-state index in [1.165, 1.54) is 12.1 Å². The van der Waals surface area contributed by atoms with Crippen molar-refractivity contribution in [2.24, 2.45) is 0 Å². The summed E-state index contributed by atoms with van der Waals surface area (Å²) >= 11 is 0. The minimum atomic E-state index is -0.536. The molecule has 106 valence electrons. The Morgan fingerprint density at radius 1 is 1.37 bits per heavy atom. The van der Waals surface area contributed by atoms with Gasteiger partial charge in [0.25, 0.3) is 0 Å². The first-order valence-electron chi connectivity index (χ1n) is 6.55. The molecule has 1 N–H and O–H groups in total. The highest BCUT2D eigenvalue weighted by molar-refractivity contribution is 5.21. The summed E-state index contributed by atoms with van der Waals surface area (Å²) in [5.41, 5.74) is 0.642. The van der Waals surface area contributed by atoms with E-state index in [-0.39, 0.29) is 12.1 Å². The maximum absolute atomic E-state index is 13.2. The van der Waals surface area contributed by atoms with Crippen LogP contribution >= 0.6 is 0 Å². The predicted molar refractivity (Wildman–Crippen MR) is 70.0 cm³/mol. The van der Waals surface area contributed by atoms with Gasteiger partial charge in [-0.05, 0) is 31.7 Å². The minimum Gasteiger partial charge on any atom is -0.374 e. The lowest BCUT2D eigenvalue weighted by atomic mass is 10.1. The molecule has 1 aromatic carbocycles. The van der Waals surface area contributed by atoms with Gasteiger partial charge in [-0.15, -0.1) is 0 Å². The number of benzene rings is 1. The van der Waals surface area contributed by atoms with Gasteiger partial charge in [0.1, 0.15) is 11.6 Å².